The van der Waals surface area contributed by atoms with Gasteiger partial charge in [-0.15, -0.1) is 11.3 Å². The second-order valence-corrected chi connectivity index (χ2v) is 9.97. The molecule has 1 heterocycles. The molecule has 0 bridgehead atoms. The Morgan fingerprint density at radius 1 is 1.21 bits per heavy atom. The van der Waals surface area contributed by atoms with Crippen molar-refractivity contribution in [1.29, 1.82) is 0 Å². The predicted molar refractivity (Wildman–Crippen MR) is 133 cm³/mol. The Kier molecular flexibility index (Phi) is 7.25. The molecule has 3 aromatic rings. The molecule has 2 aromatic carbocycles. The topological polar surface area (TPSA) is 81.8 Å². The van der Waals surface area contributed by atoms with E-state index in [0.717, 1.165) is 41.7 Å². The fourth-order valence-corrected chi connectivity index (χ4v) is 5.89. The van der Waals surface area contributed by atoms with Gasteiger partial charge in [-0.25, -0.2) is 9.79 Å². The number of fused-ring (bicyclic) bond motifs is 1. The van der Waals surface area contributed by atoms with Crippen LogP contribution in [0.5, 0.6) is 0 Å². The Bertz CT molecular complexity index is 1220. The summed E-state index contributed by atoms with van der Waals surface area (Å²) in [6, 6.07) is 13.0. The lowest BCUT2D eigenvalue weighted by Crippen LogP contribution is -2.09. The van der Waals surface area contributed by atoms with E-state index in [1.807, 2.05) is 37.3 Å². The SMILES string of the molecule is CCOC(=O)c1c(N=Cc2ccc(Sc3ccc(C)cc3)c([N+](=O)[O-])c2)sc2c1CCCC2. The molecule has 0 fully saturated rings. The predicted octanol–water partition coefficient (Wildman–Crippen LogP) is 6.92. The zero-order valence-electron chi connectivity index (χ0n) is 18.5. The fourth-order valence-electron chi connectivity index (χ4n) is 3.77. The minimum Gasteiger partial charge on any atom is -0.462 e. The molecule has 8 heteroatoms. The Morgan fingerprint density at radius 2 is 1.97 bits per heavy atom. The molecule has 33 heavy (non-hydrogen) atoms. The third kappa shape index (κ3) is 5.34. The van der Waals surface area contributed by atoms with Gasteiger partial charge in [0.25, 0.3) is 5.69 Å². The minimum absolute atomic E-state index is 0.0283. The van der Waals surface area contributed by atoms with Crippen LogP contribution in [0, 0.1) is 17.0 Å². The number of esters is 1. The van der Waals surface area contributed by atoms with Gasteiger partial charge in [-0.2, -0.15) is 0 Å². The lowest BCUT2D eigenvalue weighted by Gasteiger charge is -2.11. The van der Waals surface area contributed by atoms with Crippen LogP contribution in [-0.4, -0.2) is 23.7 Å². The largest absolute Gasteiger partial charge is 0.462 e. The average Bonchev–Trinajstić information content (AvgIpc) is 3.18. The summed E-state index contributed by atoms with van der Waals surface area (Å²) in [5, 5.41) is 12.3. The minimum atomic E-state index is -0.373. The molecule has 0 spiro atoms. The van der Waals surface area contributed by atoms with E-state index in [1.165, 1.54) is 34.0 Å². The molecule has 0 N–H and O–H groups in total. The van der Waals surface area contributed by atoms with Gasteiger partial charge in [0.05, 0.1) is 22.0 Å². The van der Waals surface area contributed by atoms with Gasteiger partial charge in [-0.3, -0.25) is 10.1 Å². The van der Waals surface area contributed by atoms with E-state index >= 15 is 0 Å². The van der Waals surface area contributed by atoms with Crippen LogP contribution in [-0.2, 0) is 17.6 Å². The zero-order chi connectivity index (χ0) is 23.4. The van der Waals surface area contributed by atoms with Crippen molar-refractivity contribution in [1.82, 2.24) is 0 Å². The van der Waals surface area contributed by atoms with E-state index in [-0.39, 0.29) is 16.6 Å². The third-order valence-corrected chi connectivity index (χ3v) is 7.66. The van der Waals surface area contributed by atoms with Gasteiger partial charge in [0.2, 0.25) is 0 Å². The van der Waals surface area contributed by atoms with Gasteiger partial charge >= 0.3 is 5.97 Å². The number of thiophene rings is 1. The molecular weight excluding hydrogens is 456 g/mol. The summed E-state index contributed by atoms with van der Waals surface area (Å²) in [4.78, 5) is 31.2. The summed E-state index contributed by atoms with van der Waals surface area (Å²) in [7, 11) is 0. The molecule has 1 aromatic heterocycles. The first-order valence-electron chi connectivity index (χ1n) is 10.8. The van der Waals surface area contributed by atoms with Crippen molar-refractivity contribution < 1.29 is 14.5 Å². The normalized spacial score (nSPS) is 13.2. The van der Waals surface area contributed by atoms with E-state index in [4.69, 9.17) is 4.74 Å². The van der Waals surface area contributed by atoms with Gasteiger partial charge in [0, 0.05) is 22.1 Å². The maximum atomic E-state index is 12.6. The van der Waals surface area contributed by atoms with E-state index < -0.39 is 0 Å². The molecule has 4 rings (SSSR count). The van der Waals surface area contributed by atoms with Gasteiger partial charge < -0.3 is 4.74 Å². The highest BCUT2D eigenvalue weighted by molar-refractivity contribution is 7.99. The number of aryl methyl sites for hydroxylation is 2. The molecule has 0 unspecified atom stereocenters. The second kappa shape index (κ2) is 10.3. The molecule has 0 atom stereocenters. The van der Waals surface area contributed by atoms with E-state index in [2.05, 4.69) is 4.99 Å². The van der Waals surface area contributed by atoms with Crippen LogP contribution in [0.15, 0.2) is 57.2 Å². The molecule has 0 saturated carbocycles. The third-order valence-electron chi connectivity index (χ3n) is 5.39. The van der Waals surface area contributed by atoms with Crippen molar-refractivity contribution in [2.45, 2.75) is 49.3 Å². The maximum Gasteiger partial charge on any atom is 0.341 e. The summed E-state index contributed by atoms with van der Waals surface area (Å²) < 4.78 is 5.28. The number of hydrogen-bond donors (Lipinski definition) is 0. The van der Waals surface area contributed by atoms with E-state index in [0.29, 0.717) is 27.6 Å². The smallest absolute Gasteiger partial charge is 0.341 e. The molecule has 6 nitrogen and oxygen atoms in total. The van der Waals surface area contributed by atoms with Crippen molar-refractivity contribution >= 4 is 46.0 Å². The van der Waals surface area contributed by atoms with Gasteiger partial charge in [0.1, 0.15) is 5.00 Å². The number of carbonyl (C=O) groups excluding carboxylic acids is 1. The first-order valence-corrected chi connectivity index (χ1v) is 12.5. The highest BCUT2D eigenvalue weighted by atomic mass is 32.2. The summed E-state index contributed by atoms with van der Waals surface area (Å²) in [5.74, 6) is -0.347. The number of nitrogens with zero attached hydrogens (tertiary/aromatic N) is 2. The molecular formula is C25H24N2O4S2. The highest BCUT2D eigenvalue weighted by Gasteiger charge is 2.26. The van der Waals surface area contributed by atoms with Crippen molar-refractivity contribution in [2.75, 3.05) is 6.61 Å². The second-order valence-electron chi connectivity index (χ2n) is 7.77. The van der Waals surface area contributed by atoms with Gasteiger partial charge in [-0.1, -0.05) is 35.5 Å². The highest BCUT2D eigenvalue weighted by Crippen LogP contribution is 2.40. The van der Waals surface area contributed by atoms with Crippen LogP contribution >= 0.6 is 23.1 Å². The average molecular weight is 481 g/mol. The fraction of sp³-hybridized carbons (Fsp3) is 0.280. The number of nitro groups is 1. The zero-order valence-corrected chi connectivity index (χ0v) is 20.1. The van der Waals surface area contributed by atoms with Crippen molar-refractivity contribution in [3.63, 3.8) is 0 Å². The summed E-state index contributed by atoms with van der Waals surface area (Å²) in [5.41, 5.74) is 3.37. The van der Waals surface area contributed by atoms with Gasteiger partial charge in [-0.05, 0) is 68.9 Å². The number of nitro benzene ring substituents is 1. The Morgan fingerprint density at radius 3 is 2.70 bits per heavy atom. The number of rotatable bonds is 7. The number of carbonyl (C=O) groups is 1. The quantitative estimate of drug-likeness (QED) is 0.159. The lowest BCUT2D eigenvalue weighted by atomic mass is 9.95. The maximum absolute atomic E-state index is 12.6. The van der Waals surface area contributed by atoms with Crippen molar-refractivity contribution in [3.8, 4) is 0 Å². The first-order chi connectivity index (χ1) is 16.0. The number of aliphatic imine (C=N–C) groups is 1. The number of benzene rings is 2. The molecule has 0 saturated heterocycles. The summed E-state index contributed by atoms with van der Waals surface area (Å²) in [6.45, 7) is 4.09. The molecule has 0 amide bonds. The first kappa shape index (κ1) is 23.2. The molecule has 170 valence electrons. The number of ether oxygens (including phenoxy) is 1. The Hall–Kier alpha value is -2.97. The van der Waals surface area contributed by atoms with Crippen LogP contribution in [0.4, 0.5) is 10.7 Å². The lowest BCUT2D eigenvalue weighted by molar-refractivity contribution is -0.387. The van der Waals surface area contributed by atoms with Crippen LogP contribution in [0.2, 0.25) is 0 Å². The van der Waals surface area contributed by atoms with E-state index in [9.17, 15) is 14.9 Å². The number of hydrogen-bond acceptors (Lipinski definition) is 7. The van der Waals surface area contributed by atoms with Crippen molar-refractivity contribution in [2.24, 2.45) is 4.99 Å². The summed E-state index contributed by atoms with van der Waals surface area (Å²) in [6.07, 6.45) is 5.54. The molecule has 1 aliphatic rings. The molecule has 0 aliphatic heterocycles. The van der Waals surface area contributed by atoms with Crippen LogP contribution < -0.4 is 0 Å². The Labute approximate surface area is 200 Å². The standard InChI is InChI=1S/C25H24N2O4S2/c1-3-31-25(28)23-19-6-4-5-7-21(19)33-24(23)26-15-17-10-13-22(20(14-17)27(29)30)32-18-11-8-16(2)9-12-18/h8-15H,3-7H2,1-2H3. The Balaban J connectivity index is 1.64. The summed E-state index contributed by atoms with van der Waals surface area (Å²) >= 11 is 2.87. The van der Waals surface area contributed by atoms with Crippen LogP contribution in [0.1, 0.15) is 51.7 Å². The van der Waals surface area contributed by atoms with Crippen LogP contribution in [0.25, 0.3) is 0 Å². The van der Waals surface area contributed by atoms with Gasteiger partial charge in [0.15, 0.2) is 0 Å². The molecule has 0 radical (unpaired) electrons. The van der Waals surface area contributed by atoms with Crippen LogP contribution in [0.3, 0.4) is 0 Å². The van der Waals surface area contributed by atoms with Crippen molar-refractivity contribution in [3.05, 3.63) is 79.7 Å². The van der Waals surface area contributed by atoms with E-state index in [1.54, 1.807) is 19.2 Å². The molecule has 1 aliphatic carbocycles. The monoisotopic (exact) mass is 480 g/mol.